The van der Waals surface area contributed by atoms with Crippen molar-refractivity contribution in [2.45, 2.75) is 13.8 Å². The zero-order chi connectivity index (χ0) is 20.7. The number of aryl methyl sites for hydroxylation is 2. The monoisotopic (exact) mass is 399 g/mol. The zero-order valence-electron chi connectivity index (χ0n) is 17.6. The quantitative estimate of drug-likeness (QED) is 0.569. The van der Waals surface area contributed by atoms with Crippen LogP contribution in [0.4, 0.5) is 5.69 Å². The number of aromatic amines is 1. The summed E-state index contributed by atoms with van der Waals surface area (Å²) in [5.41, 5.74) is 7.68. The molecule has 0 spiro atoms. The first-order valence-corrected chi connectivity index (χ1v) is 10.3. The normalized spacial score (nSPS) is 15.1. The van der Waals surface area contributed by atoms with Crippen LogP contribution in [-0.2, 0) is 0 Å². The highest BCUT2D eigenvalue weighted by molar-refractivity contribution is 5.91. The molecule has 0 saturated carbocycles. The lowest BCUT2D eigenvalue weighted by atomic mass is 10.1. The van der Waals surface area contributed by atoms with Crippen LogP contribution >= 0.6 is 0 Å². The van der Waals surface area contributed by atoms with E-state index in [9.17, 15) is 0 Å². The number of aromatic nitrogens is 5. The number of anilines is 1. The van der Waals surface area contributed by atoms with Gasteiger partial charge in [-0.3, -0.25) is 0 Å². The van der Waals surface area contributed by atoms with Crippen LogP contribution in [0.1, 0.15) is 11.5 Å². The number of benzene rings is 1. The SMILES string of the molecule is Cc1ncc(-c2c[nH]c3ncc(-c4ccc(N5CCN(C)CC5)cc4)nc23)c(C)n1. The average molecular weight is 400 g/mol. The average Bonchev–Trinajstić information content (AvgIpc) is 3.17. The fraction of sp³-hybridized carbons (Fsp3) is 0.304. The first-order valence-electron chi connectivity index (χ1n) is 10.3. The molecule has 1 N–H and O–H groups in total. The summed E-state index contributed by atoms with van der Waals surface area (Å²) in [6.45, 7) is 8.22. The van der Waals surface area contributed by atoms with Crippen LogP contribution in [0.3, 0.4) is 0 Å². The lowest BCUT2D eigenvalue weighted by molar-refractivity contribution is 0.313. The summed E-state index contributed by atoms with van der Waals surface area (Å²) in [7, 11) is 2.18. The number of nitrogens with one attached hydrogen (secondary N) is 1. The molecule has 4 aromatic rings. The van der Waals surface area contributed by atoms with Crippen molar-refractivity contribution in [1.29, 1.82) is 0 Å². The molecule has 0 radical (unpaired) electrons. The standard InChI is InChI=1S/C23H25N7/c1-15-19(12-24-16(2)27-15)20-13-25-23-22(20)28-21(14-26-23)17-4-6-18(7-5-17)30-10-8-29(3)9-11-30/h4-7,12-14H,8-11H2,1-3H3,(H,25,26). The number of piperazine rings is 1. The van der Waals surface area contributed by atoms with E-state index in [-0.39, 0.29) is 0 Å². The Labute approximate surface area is 175 Å². The molecule has 5 rings (SSSR count). The molecule has 1 aromatic carbocycles. The summed E-state index contributed by atoms with van der Waals surface area (Å²) < 4.78 is 0. The van der Waals surface area contributed by atoms with Gasteiger partial charge in [0.15, 0.2) is 5.65 Å². The van der Waals surface area contributed by atoms with Gasteiger partial charge in [-0.1, -0.05) is 12.1 Å². The summed E-state index contributed by atoms with van der Waals surface area (Å²) in [4.78, 5) is 26.4. The minimum Gasteiger partial charge on any atom is -0.369 e. The van der Waals surface area contributed by atoms with Crippen LogP contribution in [0.2, 0.25) is 0 Å². The molecule has 7 heteroatoms. The lowest BCUT2D eigenvalue weighted by Gasteiger charge is -2.34. The predicted octanol–water partition coefficient (Wildman–Crippen LogP) is 3.45. The van der Waals surface area contributed by atoms with Crippen molar-refractivity contribution in [1.82, 2.24) is 29.8 Å². The van der Waals surface area contributed by atoms with Crippen LogP contribution in [0, 0.1) is 13.8 Å². The molecule has 152 valence electrons. The summed E-state index contributed by atoms with van der Waals surface area (Å²) in [5.74, 6) is 0.767. The fourth-order valence-corrected chi connectivity index (χ4v) is 3.99. The van der Waals surface area contributed by atoms with E-state index in [1.165, 1.54) is 5.69 Å². The van der Waals surface area contributed by atoms with Crippen molar-refractivity contribution in [3.63, 3.8) is 0 Å². The van der Waals surface area contributed by atoms with Gasteiger partial charge in [0.1, 0.15) is 11.3 Å². The number of rotatable bonds is 3. The molecule has 0 bridgehead atoms. The maximum atomic E-state index is 4.93. The zero-order valence-corrected chi connectivity index (χ0v) is 17.6. The summed E-state index contributed by atoms with van der Waals surface area (Å²) in [6.07, 6.45) is 5.62. The Balaban J connectivity index is 1.48. The lowest BCUT2D eigenvalue weighted by Crippen LogP contribution is -2.44. The van der Waals surface area contributed by atoms with Crippen LogP contribution in [0.25, 0.3) is 33.5 Å². The van der Waals surface area contributed by atoms with Crippen molar-refractivity contribution in [2.24, 2.45) is 0 Å². The molecular weight excluding hydrogens is 374 g/mol. The highest BCUT2D eigenvalue weighted by atomic mass is 15.2. The molecule has 4 heterocycles. The fourth-order valence-electron chi connectivity index (χ4n) is 3.99. The van der Waals surface area contributed by atoms with Crippen LogP contribution < -0.4 is 4.90 Å². The smallest absolute Gasteiger partial charge is 0.156 e. The number of fused-ring (bicyclic) bond motifs is 1. The second kappa shape index (κ2) is 7.50. The van der Waals surface area contributed by atoms with E-state index in [2.05, 4.69) is 61.0 Å². The van der Waals surface area contributed by atoms with E-state index < -0.39 is 0 Å². The Hall–Kier alpha value is -3.32. The van der Waals surface area contributed by atoms with Crippen molar-refractivity contribution in [3.05, 3.63) is 54.4 Å². The maximum absolute atomic E-state index is 4.93. The van der Waals surface area contributed by atoms with E-state index in [1.54, 1.807) is 0 Å². The van der Waals surface area contributed by atoms with Gasteiger partial charge in [-0.05, 0) is 33.0 Å². The summed E-state index contributed by atoms with van der Waals surface area (Å²) in [5, 5.41) is 0. The molecule has 1 saturated heterocycles. The van der Waals surface area contributed by atoms with Crippen LogP contribution in [-0.4, -0.2) is 63.0 Å². The molecule has 1 fully saturated rings. The first-order chi connectivity index (χ1) is 14.6. The van der Waals surface area contributed by atoms with Gasteiger partial charge in [0, 0.05) is 66.6 Å². The van der Waals surface area contributed by atoms with Crippen LogP contribution in [0.5, 0.6) is 0 Å². The highest BCUT2D eigenvalue weighted by Gasteiger charge is 2.16. The van der Waals surface area contributed by atoms with Crippen molar-refractivity contribution >= 4 is 16.9 Å². The molecular formula is C23H25N7. The van der Waals surface area contributed by atoms with E-state index in [0.717, 1.165) is 71.2 Å². The Kier molecular flexibility index (Phi) is 4.67. The van der Waals surface area contributed by atoms with Crippen molar-refractivity contribution in [3.8, 4) is 22.4 Å². The van der Waals surface area contributed by atoms with Crippen molar-refractivity contribution < 1.29 is 0 Å². The van der Waals surface area contributed by atoms with E-state index in [1.807, 2.05) is 32.4 Å². The van der Waals surface area contributed by atoms with Crippen molar-refractivity contribution in [2.75, 3.05) is 38.1 Å². The molecule has 1 aliphatic rings. The Bertz CT molecular complexity index is 1190. The third-order valence-corrected chi connectivity index (χ3v) is 5.80. The Morgan fingerprint density at radius 1 is 0.867 bits per heavy atom. The number of likely N-dealkylation sites (N-methyl/N-ethyl adjacent to an activating group) is 1. The third-order valence-electron chi connectivity index (χ3n) is 5.80. The Morgan fingerprint density at radius 2 is 1.63 bits per heavy atom. The largest absolute Gasteiger partial charge is 0.369 e. The van der Waals surface area contributed by atoms with Gasteiger partial charge in [-0.15, -0.1) is 0 Å². The Morgan fingerprint density at radius 3 is 2.37 bits per heavy atom. The number of nitrogens with zero attached hydrogens (tertiary/aromatic N) is 6. The minimum absolute atomic E-state index is 0.766. The van der Waals surface area contributed by atoms with Gasteiger partial charge >= 0.3 is 0 Å². The highest BCUT2D eigenvalue weighted by Crippen LogP contribution is 2.30. The summed E-state index contributed by atoms with van der Waals surface area (Å²) in [6, 6.07) is 8.64. The molecule has 7 nitrogen and oxygen atoms in total. The van der Waals surface area contributed by atoms with Gasteiger partial charge in [-0.25, -0.2) is 19.9 Å². The van der Waals surface area contributed by atoms with Gasteiger partial charge in [0.05, 0.1) is 11.9 Å². The maximum Gasteiger partial charge on any atom is 0.156 e. The molecule has 0 aliphatic carbocycles. The van der Waals surface area contributed by atoms with Gasteiger partial charge in [0.2, 0.25) is 0 Å². The molecule has 1 aliphatic heterocycles. The van der Waals surface area contributed by atoms with Crippen LogP contribution in [0.15, 0.2) is 42.9 Å². The first kappa shape index (κ1) is 18.7. The summed E-state index contributed by atoms with van der Waals surface area (Å²) >= 11 is 0. The second-order valence-electron chi connectivity index (χ2n) is 7.91. The molecule has 0 atom stereocenters. The van der Waals surface area contributed by atoms with Gasteiger partial charge in [-0.2, -0.15) is 0 Å². The third kappa shape index (κ3) is 3.41. The number of hydrogen-bond donors (Lipinski definition) is 1. The van der Waals surface area contributed by atoms with E-state index >= 15 is 0 Å². The number of hydrogen-bond acceptors (Lipinski definition) is 6. The van der Waals surface area contributed by atoms with Gasteiger partial charge < -0.3 is 14.8 Å². The second-order valence-corrected chi connectivity index (χ2v) is 7.91. The molecule has 3 aromatic heterocycles. The minimum atomic E-state index is 0.766. The van der Waals surface area contributed by atoms with E-state index in [4.69, 9.17) is 4.98 Å². The molecule has 0 amide bonds. The number of H-pyrrole nitrogens is 1. The molecule has 0 unspecified atom stereocenters. The topological polar surface area (TPSA) is 73.8 Å². The predicted molar refractivity (Wildman–Crippen MR) is 120 cm³/mol. The van der Waals surface area contributed by atoms with E-state index in [0.29, 0.717) is 0 Å². The molecule has 30 heavy (non-hydrogen) atoms. The van der Waals surface area contributed by atoms with Gasteiger partial charge in [0.25, 0.3) is 0 Å².